The van der Waals surface area contributed by atoms with Crippen LogP contribution in [-0.4, -0.2) is 11.0 Å². The Labute approximate surface area is 142 Å². The second kappa shape index (κ2) is 6.79. The molecular weight excluding hydrogens is 338 g/mol. The Morgan fingerprint density at radius 2 is 2.30 bits per heavy atom. The number of thioether (sulfide) groups is 1. The minimum Gasteiger partial charge on any atom is -0.428 e. The number of aromatic nitrogens is 1. The second-order valence-corrected chi connectivity index (χ2v) is 6.49. The van der Waals surface area contributed by atoms with Gasteiger partial charge in [0.2, 0.25) is 11.1 Å². The van der Waals surface area contributed by atoms with Crippen LogP contribution in [0.3, 0.4) is 0 Å². The number of hydrogen-bond acceptors (Lipinski definition) is 6. The molecule has 1 heterocycles. The number of hydrogen-bond donors (Lipinski definition) is 3. The van der Waals surface area contributed by atoms with E-state index in [1.165, 1.54) is 23.5 Å². The molecule has 5 N–H and O–H groups in total. The van der Waals surface area contributed by atoms with Crippen LogP contribution in [0.2, 0.25) is 5.22 Å². The molecule has 0 radical (unpaired) electrons. The lowest BCUT2D eigenvalue weighted by Gasteiger charge is -2.21. The fraction of sp³-hybridized carbons (Fsp3) is 0.286. The Morgan fingerprint density at radius 1 is 1.52 bits per heavy atom. The van der Waals surface area contributed by atoms with Crippen molar-refractivity contribution in [3.8, 4) is 0 Å². The summed E-state index contributed by atoms with van der Waals surface area (Å²) in [6, 6.07) is 5.14. The van der Waals surface area contributed by atoms with Gasteiger partial charge >= 0.3 is 6.03 Å². The Morgan fingerprint density at radius 3 is 2.91 bits per heavy atom. The number of rotatable bonds is 5. The van der Waals surface area contributed by atoms with E-state index in [0.29, 0.717) is 23.2 Å². The van der Waals surface area contributed by atoms with Crippen molar-refractivity contribution in [3.63, 3.8) is 0 Å². The molecule has 0 aliphatic heterocycles. The normalized spacial score (nSPS) is 13.9. The summed E-state index contributed by atoms with van der Waals surface area (Å²) < 4.78 is 5.28. The van der Waals surface area contributed by atoms with Crippen LogP contribution in [0.5, 0.6) is 0 Å². The van der Waals surface area contributed by atoms with E-state index in [9.17, 15) is 4.79 Å². The monoisotopic (exact) mass is 353 g/mol. The standard InChI is InChI=1S/C14H16ClN5O2S/c15-11-6-18-12(22-11)7-23-13-9(8-4-5-8)2-1-3-10(13)20(17)14(21)19-16/h1-3,6,8H,4-5,7,16-17H2,(H,19,21). The van der Waals surface area contributed by atoms with Gasteiger partial charge in [-0.25, -0.2) is 26.5 Å². The number of oxazole rings is 1. The average Bonchev–Trinajstić information content (AvgIpc) is 3.33. The molecule has 1 aromatic heterocycles. The van der Waals surface area contributed by atoms with Crippen molar-refractivity contribution < 1.29 is 9.21 Å². The smallest absolute Gasteiger partial charge is 0.350 e. The number of halogens is 1. The molecule has 0 unspecified atom stereocenters. The van der Waals surface area contributed by atoms with Crippen molar-refractivity contribution in [3.05, 3.63) is 41.1 Å². The van der Waals surface area contributed by atoms with Crippen molar-refractivity contribution in [1.29, 1.82) is 0 Å². The van der Waals surface area contributed by atoms with Crippen LogP contribution in [0.1, 0.15) is 30.2 Å². The van der Waals surface area contributed by atoms with Gasteiger partial charge in [0, 0.05) is 4.90 Å². The van der Waals surface area contributed by atoms with E-state index in [1.54, 1.807) is 6.07 Å². The lowest BCUT2D eigenvalue weighted by molar-refractivity contribution is 0.246. The summed E-state index contributed by atoms with van der Waals surface area (Å²) in [5.41, 5.74) is 3.81. The largest absolute Gasteiger partial charge is 0.428 e. The van der Waals surface area contributed by atoms with Crippen molar-refractivity contribution in [2.75, 3.05) is 5.01 Å². The van der Waals surface area contributed by atoms with Gasteiger partial charge < -0.3 is 4.42 Å². The summed E-state index contributed by atoms with van der Waals surface area (Å²) in [5.74, 6) is 12.6. The number of amides is 2. The number of nitrogens with one attached hydrogen (secondary N) is 1. The maximum absolute atomic E-state index is 11.7. The Kier molecular flexibility index (Phi) is 4.76. The predicted octanol–water partition coefficient (Wildman–Crippen LogP) is 2.76. The SMILES string of the molecule is NNC(=O)N(N)c1cccc(C2CC2)c1SCc1ncc(Cl)o1. The van der Waals surface area contributed by atoms with Crippen LogP contribution in [-0.2, 0) is 5.75 Å². The van der Waals surface area contributed by atoms with Crippen molar-refractivity contribution >= 4 is 35.1 Å². The minimum absolute atomic E-state index is 0.249. The third kappa shape index (κ3) is 3.61. The molecule has 9 heteroatoms. The number of nitrogens with two attached hydrogens (primary N) is 2. The third-order valence-corrected chi connectivity index (χ3v) is 4.81. The van der Waals surface area contributed by atoms with E-state index in [1.807, 2.05) is 11.5 Å². The highest BCUT2D eigenvalue weighted by Gasteiger charge is 2.29. The van der Waals surface area contributed by atoms with E-state index in [2.05, 4.69) is 11.1 Å². The van der Waals surface area contributed by atoms with Crippen molar-refractivity contribution in [2.24, 2.45) is 11.7 Å². The summed E-state index contributed by atoms with van der Waals surface area (Å²) in [5, 5.41) is 1.26. The fourth-order valence-corrected chi connectivity index (χ4v) is 3.53. The van der Waals surface area contributed by atoms with Gasteiger partial charge in [0.05, 0.1) is 17.6 Å². The van der Waals surface area contributed by atoms with Crippen LogP contribution in [0, 0.1) is 0 Å². The molecule has 2 amide bonds. The summed E-state index contributed by atoms with van der Waals surface area (Å²) in [6.07, 6.45) is 3.73. The Balaban J connectivity index is 1.89. The number of carbonyl (C=O) groups is 1. The van der Waals surface area contributed by atoms with Crippen molar-refractivity contribution in [1.82, 2.24) is 10.4 Å². The molecule has 0 bridgehead atoms. The van der Waals surface area contributed by atoms with Gasteiger partial charge in [0.15, 0.2) is 0 Å². The predicted molar refractivity (Wildman–Crippen MR) is 88.9 cm³/mol. The first-order valence-corrected chi connectivity index (χ1v) is 8.38. The van der Waals surface area contributed by atoms with Crippen molar-refractivity contribution in [2.45, 2.75) is 29.4 Å². The molecule has 122 valence electrons. The average molecular weight is 354 g/mol. The van der Waals surface area contributed by atoms with E-state index in [0.717, 1.165) is 22.7 Å². The molecule has 1 fully saturated rings. The molecule has 1 aromatic carbocycles. The lowest BCUT2D eigenvalue weighted by Crippen LogP contribution is -2.47. The highest BCUT2D eigenvalue weighted by Crippen LogP contribution is 2.47. The molecule has 3 rings (SSSR count). The van der Waals surface area contributed by atoms with E-state index >= 15 is 0 Å². The maximum atomic E-state index is 11.7. The quantitative estimate of drug-likeness (QED) is 0.330. The van der Waals surface area contributed by atoms with Crippen LogP contribution < -0.4 is 22.1 Å². The van der Waals surface area contributed by atoms with Crippen LogP contribution >= 0.6 is 23.4 Å². The number of carbonyl (C=O) groups excluding carboxylic acids is 1. The second-order valence-electron chi connectivity index (χ2n) is 5.14. The number of urea groups is 1. The highest BCUT2D eigenvalue weighted by molar-refractivity contribution is 7.98. The first-order chi connectivity index (χ1) is 11.1. The molecule has 1 saturated carbocycles. The van der Waals surface area contributed by atoms with Gasteiger partial charge in [-0.3, -0.25) is 5.43 Å². The summed E-state index contributed by atoms with van der Waals surface area (Å²) in [4.78, 5) is 16.8. The highest BCUT2D eigenvalue weighted by atomic mass is 35.5. The summed E-state index contributed by atoms with van der Waals surface area (Å²) in [6.45, 7) is 0. The topological polar surface area (TPSA) is 110 Å². The molecule has 7 nitrogen and oxygen atoms in total. The van der Waals surface area contributed by atoms with Crippen LogP contribution in [0.15, 0.2) is 33.7 Å². The Hall–Kier alpha value is -1.74. The molecule has 0 saturated heterocycles. The fourth-order valence-electron chi connectivity index (χ4n) is 2.27. The first kappa shape index (κ1) is 16.1. The van der Waals surface area contributed by atoms with Gasteiger partial charge in [0.25, 0.3) is 0 Å². The zero-order chi connectivity index (χ0) is 16.4. The molecule has 23 heavy (non-hydrogen) atoms. The minimum atomic E-state index is -0.584. The third-order valence-electron chi connectivity index (χ3n) is 3.51. The molecule has 2 aromatic rings. The van der Waals surface area contributed by atoms with Crippen LogP contribution in [0.25, 0.3) is 0 Å². The maximum Gasteiger partial charge on any atom is 0.350 e. The zero-order valence-electron chi connectivity index (χ0n) is 12.2. The molecule has 1 aliphatic rings. The lowest BCUT2D eigenvalue weighted by atomic mass is 10.1. The molecular formula is C14H16ClN5O2S. The molecule has 0 spiro atoms. The summed E-state index contributed by atoms with van der Waals surface area (Å²) >= 11 is 7.25. The van der Waals surface area contributed by atoms with E-state index in [-0.39, 0.29) is 5.22 Å². The number of anilines is 1. The number of benzene rings is 1. The zero-order valence-corrected chi connectivity index (χ0v) is 13.7. The number of hydrazine groups is 2. The van der Waals surface area contributed by atoms with Crippen LogP contribution in [0.4, 0.5) is 10.5 Å². The van der Waals surface area contributed by atoms with Gasteiger partial charge in [-0.15, -0.1) is 11.8 Å². The number of nitrogens with zero attached hydrogens (tertiary/aromatic N) is 2. The Bertz CT molecular complexity index is 719. The molecule has 1 aliphatic carbocycles. The van der Waals surface area contributed by atoms with Gasteiger partial charge in [-0.2, -0.15) is 0 Å². The molecule has 0 atom stereocenters. The first-order valence-electron chi connectivity index (χ1n) is 7.01. The van der Waals surface area contributed by atoms with Gasteiger partial charge in [-0.05, 0) is 42.0 Å². The van der Waals surface area contributed by atoms with Gasteiger partial charge in [-0.1, -0.05) is 12.1 Å². The summed E-state index contributed by atoms with van der Waals surface area (Å²) in [7, 11) is 0. The van der Waals surface area contributed by atoms with E-state index < -0.39 is 6.03 Å². The van der Waals surface area contributed by atoms with E-state index in [4.69, 9.17) is 27.7 Å². The van der Waals surface area contributed by atoms with Gasteiger partial charge in [0.1, 0.15) is 0 Å².